The number of aldehydes is 1. The molecule has 0 amide bonds. The van der Waals surface area contributed by atoms with Gasteiger partial charge in [0, 0.05) is 23.1 Å². The third-order valence-electron chi connectivity index (χ3n) is 3.89. The Kier molecular flexibility index (Phi) is 4.95. The molecule has 1 saturated heterocycles. The monoisotopic (exact) mass is 327 g/mol. The molecule has 1 aromatic heterocycles. The van der Waals surface area contributed by atoms with Crippen molar-refractivity contribution >= 4 is 23.0 Å². The van der Waals surface area contributed by atoms with Crippen molar-refractivity contribution in [1.82, 2.24) is 14.7 Å². The highest BCUT2D eigenvalue weighted by atomic mass is 32.1. The van der Waals surface area contributed by atoms with Crippen LogP contribution < -0.4 is 10.6 Å². The summed E-state index contributed by atoms with van der Waals surface area (Å²) in [5.74, 6) is 0.566. The fraction of sp³-hybridized carbons (Fsp3) is 0.375. The van der Waals surface area contributed by atoms with Crippen molar-refractivity contribution in [3.8, 4) is 17.5 Å². The van der Waals surface area contributed by atoms with Crippen LogP contribution in [-0.2, 0) is 4.79 Å². The molecule has 2 atom stereocenters. The van der Waals surface area contributed by atoms with Crippen molar-refractivity contribution in [2.75, 3.05) is 11.9 Å². The minimum Gasteiger partial charge on any atom is -0.349 e. The number of nitrogens with zero attached hydrogens (tertiary/aromatic N) is 3. The molecule has 1 aliphatic heterocycles. The van der Waals surface area contributed by atoms with Crippen LogP contribution in [0.15, 0.2) is 24.3 Å². The molecule has 6 nitrogen and oxygen atoms in total. The summed E-state index contributed by atoms with van der Waals surface area (Å²) in [5.41, 5.74) is 1.37. The van der Waals surface area contributed by atoms with E-state index in [2.05, 4.69) is 26.1 Å². The highest BCUT2D eigenvalue weighted by molar-refractivity contribution is 7.09. The second-order valence-electron chi connectivity index (χ2n) is 5.48. The first-order valence-corrected chi connectivity index (χ1v) is 8.37. The molecule has 2 unspecified atom stereocenters. The van der Waals surface area contributed by atoms with Gasteiger partial charge in [-0.2, -0.15) is 14.6 Å². The smallest absolute Gasteiger partial charge is 0.203 e. The van der Waals surface area contributed by atoms with E-state index in [4.69, 9.17) is 5.26 Å². The van der Waals surface area contributed by atoms with Gasteiger partial charge in [-0.25, -0.2) is 0 Å². The van der Waals surface area contributed by atoms with E-state index in [1.54, 1.807) is 12.1 Å². The summed E-state index contributed by atoms with van der Waals surface area (Å²) in [7, 11) is 0. The lowest BCUT2D eigenvalue weighted by atomic mass is 9.99. The number of hydrogen-bond acceptors (Lipinski definition) is 7. The van der Waals surface area contributed by atoms with Crippen LogP contribution in [0.4, 0.5) is 5.13 Å². The number of aromatic nitrogens is 2. The third-order valence-corrected chi connectivity index (χ3v) is 4.54. The van der Waals surface area contributed by atoms with Gasteiger partial charge < -0.3 is 15.4 Å². The van der Waals surface area contributed by atoms with Crippen LogP contribution in [0.3, 0.4) is 0 Å². The van der Waals surface area contributed by atoms with Gasteiger partial charge in [0.15, 0.2) is 5.82 Å². The van der Waals surface area contributed by atoms with Gasteiger partial charge in [-0.1, -0.05) is 18.6 Å². The number of rotatable bonds is 5. The minimum atomic E-state index is -0.304. The lowest BCUT2D eigenvalue weighted by Gasteiger charge is -2.28. The normalized spacial score (nSPS) is 18.8. The molecule has 1 aliphatic rings. The Balaban J connectivity index is 1.73. The number of carbonyl (C=O) groups excluding carboxylic acids is 1. The maximum absolute atomic E-state index is 11.4. The second kappa shape index (κ2) is 7.31. The Bertz CT molecular complexity index is 717. The van der Waals surface area contributed by atoms with Gasteiger partial charge in [0.2, 0.25) is 5.13 Å². The summed E-state index contributed by atoms with van der Waals surface area (Å²) >= 11 is 1.22. The first-order chi connectivity index (χ1) is 11.3. The zero-order valence-corrected chi connectivity index (χ0v) is 13.3. The van der Waals surface area contributed by atoms with Crippen LogP contribution in [0.5, 0.6) is 0 Å². The lowest BCUT2D eigenvalue weighted by Crippen LogP contribution is -2.47. The zero-order valence-electron chi connectivity index (χ0n) is 12.5. The van der Waals surface area contributed by atoms with Gasteiger partial charge in [-0.05, 0) is 31.5 Å². The number of carbonyl (C=O) groups is 1. The molecule has 0 bridgehead atoms. The molecule has 0 aliphatic carbocycles. The van der Waals surface area contributed by atoms with Crippen LogP contribution in [0, 0.1) is 11.3 Å². The minimum absolute atomic E-state index is 0.135. The van der Waals surface area contributed by atoms with E-state index >= 15 is 0 Å². The predicted molar refractivity (Wildman–Crippen MR) is 89.2 cm³/mol. The van der Waals surface area contributed by atoms with E-state index < -0.39 is 0 Å². The molecule has 2 aromatic rings. The molecule has 7 heteroatoms. The van der Waals surface area contributed by atoms with Gasteiger partial charge in [-0.15, -0.1) is 0 Å². The van der Waals surface area contributed by atoms with Gasteiger partial charge in [0.1, 0.15) is 6.29 Å². The summed E-state index contributed by atoms with van der Waals surface area (Å²) in [5, 5.41) is 16.1. The molecule has 1 fully saturated rings. The molecule has 0 radical (unpaired) electrons. The average Bonchev–Trinajstić information content (AvgIpc) is 3.09. The Labute approximate surface area is 138 Å². The molecule has 2 N–H and O–H groups in total. The number of nitriles is 1. The van der Waals surface area contributed by atoms with Crippen molar-refractivity contribution < 1.29 is 4.79 Å². The van der Waals surface area contributed by atoms with Crippen LogP contribution >= 0.6 is 11.5 Å². The number of anilines is 1. The number of benzene rings is 1. The van der Waals surface area contributed by atoms with Gasteiger partial charge in [0.25, 0.3) is 0 Å². The fourth-order valence-electron chi connectivity index (χ4n) is 2.68. The van der Waals surface area contributed by atoms with E-state index in [0.717, 1.165) is 37.7 Å². The van der Waals surface area contributed by atoms with Crippen LogP contribution in [-0.4, -0.2) is 34.3 Å². The maximum atomic E-state index is 11.4. The maximum Gasteiger partial charge on any atom is 0.203 e. The zero-order chi connectivity index (χ0) is 16.1. The number of piperidine rings is 1. The molecule has 1 aromatic carbocycles. The topological polar surface area (TPSA) is 90.7 Å². The first-order valence-electron chi connectivity index (χ1n) is 7.59. The van der Waals surface area contributed by atoms with E-state index in [1.807, 2.05) is 12.1 Å². The van der Waals surface area contributed by atoms with E-state index in [1.165, 1.54) is 11.5 Å². The highest BCUT2D eigenvalue weighted by Gasteiger charge is 2.23. The molecule has 3 rings (SSSR count). The van der Waals surface area contributed by atoms with Crippen LogP contribution in [0.25, 0.3) is 11.4 Å². The third kappa shape index (κ3) is 3.73. The molecule has 2 heterocycles. The highest BCUT2D eigenvalue weighted by Crippen LogP contribution is 2.23. The van der Waals surface area contributed by atoms with Crippen molar-refractivity contribution in [3.05, 3.63) is 29.8 Å². The average molecular weight is 327 g/mol. The predicted octanol–water partition coefficient (Wildman–Crippen LogP) is 2.20. The molecule has 118 valence electrons. The summed E-state index contributed by atoms with van der Waals surface area (Å²) in [6.45, 7) is 0.943. The quantitative estimate of drug-likeness (QED) is 0.818. The van der Waals surface area contributed by atoms with Crippen LogP contribution in [0.1, 0.15) is 24.8 Å². The summed E-state index contributed by atoms with van der Waals surface area (Å²) in [4.78, 5) is 15.8. The van der Waals surface area contributed by atoms with Gasteiger partial charge in [-0.3, -0.25) is 0 Å². The lowest BCUT2D eigenvalue weighted by molar-refractivity contribution is -0.109. The summed E-state index contributed by atoms with van der Waals surface area (Å²) in [6, 6.07) is 9.11. The molecular formula is C16H17N5OS. The fourth-order valence-corrected chi connectivity index (χ4v) is 3.32. The van der Waals surface area contributed by atoms with Crippen molar-refractivity contribution in [1.29, 1.82) is 5.26 Å². The SMILES string of the molecule is N#Cc1cccc(-c2nsc(NC(C=O)C3CCCCN3)n2)c1. The van der Waals surface area contributed by atoms with Crippen molar-refractivity contribution in [3.63, 3.8) is 0 Å². The van der Waals surface area contributed by atoms with E-state index in [0.29, 0.717) is 16.5 Å². The van der Waals surface area contributed by atoms with Crippen molar-refractivity contribution in [2.24, 2.45) is 0 Å². The second-order valence-corrected chi connectivity index (χ2v) is 6.23. The summed E-state index contributed by atoms with van der Waals surface area (Å²) in [6.07, 6.45) is 4.19. The van der Waals surface area contributed by atoms with E-state index in [-0.39, 0.29) is 12.1 Å². The summed E-state index contributed by atoms with van der Waals surface area (Å²) < 4.78 is 4.32. The largest absolute Gasteiger partial charge is 0.349 e. The Hall–Kier alpha value is -2.30. The van der Waals surface area contributed by atoms with Gasteiger partial charge in [0.05, 0.1) is 17.7 Å². The molecule has 0 saturated carbocycles. The standard InChI is InChI=1S/C16H17N5OS/c17-9-11-4-3-5-12(8-11)15-20-16(23-21-15)19-14(10-22)13-6-1-2-7-18-13/h3-5,8,10,13-14,18H,1-2,6-7H2,(H,19,20,21). The van der Waals surface area contributed by atoms with Gasteiger partial charge >= 0.3 is 0 Å². The molecule has 23 heavy (non-hydrogen) atoms. The Morgan fingerprint density at radius 3 is 3.13 bits per heavy atom. The number of nitrogens with one attached hydrogen (secondary N) is 2. The van der Waals surface area contributed by atoms with E-state index in [9.17, 15) is 4.79 Å². The Morgan fingerprint density at radius 1 is 1.48 bits per heavy atom. The van der Waals surface area contributed by atoms with Crippen molar-refractivity contribution in [2.45, 2.75) is 31.3 Å². The first kappa shape index (κ1) is 15.6. The molecular weight excluding hydrogens is 310 g/mol. The molecule has 0 spiro atoms. The van der Waals surface area contributed by atoms with Crippen LogP contribution in [0.2, 0.25) is 0 Å². The number of hydrogen-bond donors (Lipinski definition) is 2. The Morgan fingerprint density at radius 2 is 2.39 bits per heavy atom.